The van der Waals surface area contributed by atoms with Gasteiger partial charge < -0.3 is 20.1 Å². The number of aromatic carboxylic acids is 1. The molecule has 5 rings (SSSR count). The molecule has 12 heteroatoms. The minimum absolute atomic E-state index is 0.0192. The highest BCUT2D eigenvalue weighted by Gasteiger charge is 2.41. The predicted molar refractivity (Wildman–Crippen MR) is 176 cm³/mol. The van der Waals surface area contributed by atoms with Crippen molar-refractivity contribution < 1.29 is 27.7 Å². The average molecular weight is 647 g/mol. The lowest BCUT2D eigenvalue weighted by Gasteiger charge is -2.38. The zero-order chi connectivity index (χ0) is 32.1. The molecule has 1 aromatic heterocycles. The number of allylic oxidation sites excluding steroid dienone is 5. The molecule has 0 saturated heterocycles. The Hall–Kier alpha value is -4.10. The van der Waals surface area contributed by atoms with Gasteiger partial charge in [-0.2, -0.15) is 0 Å². The van der Waals surface area contributed by atoms with Crippen molar-refractivity contribution in [2.24, 2.45) is 5.14 Å². The molecule has 1 amide bonds. The zero-order valence-corrected chi connectivity index (χ0v) is 28.0. The largest absolute Gasteiger partial charge is 0.544 e. The molecule has 3 aromatic rings. The van der Waals surface area contributed by atoms with E-state index in [1.165, 1.54) is 22.5 Å². The van der Waals surface area contributed by atoms with Gasteiger partial charge in [-0.15, -0.1) is 11.3 Å². The molecule has 44 heavy (non-hydrogen) atoms. The zero-order valence-electron chi connectivity index (χ0n) is 25.4. The number of amides is 1. The number of anilines is 1. The fourth-order valence-electron chi connectivity index (χ4n) is 5.58. The van der Waals surface area contributed by atoms with Crippen molar-refractivity contribution in [1.29, 1.82) is 0 Å². The topological polar surface area (TPSA) is 136 Å². The first-order chi connectivity index (χ1) is 20.6. The summed E-state index contributed by atoms with van der Waals surface area (Å²) in [6.45, 7) is 4.73. The number of carbonyl (C=O) groups is 2. The van der Waals surface area contributed by atoms with Gasteiger partial charge in [-0.1, -0.05) is 31.3 Å². The van der Waals surface area contributed by atoms with Gasteiger partial charge in [0, 0.05) is 44.0 Å². The minimum Gasteiger partial charge on any atom is -0.544 e. The molecule has 228 valence electrons. The van der Waals surface area contributed by atoms with E-state index in [1.54, 1.807) is 18.2 Å². The first kappa shape index (κ1) is 31.3. The Morgan fingerprint density at radius 2 is 1.70 bits per heavy atom. The third-order valence-electron chi connectivity index (χ3n) is 8.04. The van der Waals surface area contributed by atoms with Crippen LogP contribution in [0.4, 0.5) is 5.69 Å². The Kier molecular flexibility index (Phi) is 8.14. The molecule has 0 fully saturated rings. The normalized spacial score (nSPS) is 15.3. The maximum absolute atomic E-state index is 13.3. The number of benzene rings is 2. The summed E-state index contributed by atoms with van der Waals surface area (Å²) in [6.07, 6.45) is 6.29. The number of rotatable bonds is 7. The highest BCUT2D eigenvalue weighted by molar-refractivity contribution is 7.89. The van der Waals surface area contributed by atoms with E-state index in [4.69, 9.17) is 5.14 Å². The van der Waals surface area contributed by atoms with Gasteiger partial charge in [0.2, 0.25) is 10.0 Å². The molecular formula is C32H34N4O5S2Si. The second-order valence-electron chi connectivity index (χ2n) is 11.8. The molecule has 0 unspecified atom stereocenters. The molecule has 1 aliphatic carbocycles. The number of nitrogens with one attached hydrogen (secondary N) is 1. The first-order valence-corrected chi connectivity index (χ1v) is 19.2. The van der Waals surface area contributed by atoms with Gasteiger partial charge in [-0.05, 0) is 69.1 Å². The first-order valence-electron chi connectivity index (χ1n) is 13.9. The number of hydrogen-bond acceptors (Lipinski definition) is 7. The van der Waals surface area contributed by atoms with Gasteiger partial charge in [-0.3, -0.25) is 4.79 Å². The Balaban J connectivity index is 1.61. The average Bonchev–Trinajstić information content (AvgIpc) is 3.41. The van der Waals surface area contributed by atoms with Gasteiger partial charge in [0.05, 0.1) is 20.6 Å². The molecule has 0 saturated carbocycles. The summed E-state index contributed by atoms with van der Waals surface area (Å²) < 4.78 is 25.2. The van der Waals surface area contributed by atoms with Crippen LogP contribution >= 0.6 is 11.3 Å². The van der Waals surface area contributed by atoms with Crippen LogP contribution in [-0.2, 0) is 16.6 Å². The number of sulfonamides is 1. The van der Waals surface area contributed by atoms with E-state index in [0.29, 0.717) is 11.1 Å². The SMILES string of the molecule is CN(C)c1ccc2c(c1)[Si](C)(C)C1=CC(=[N+](C)C)C=CC1=C2c1cc(C(=O)NCc2ccc(S(N)(=O)=O)cc2)sc1C(=O)[O-]. The van der Waals surface area contributed by atoms with Gasteiger partial charge in [0.15, 0.2) is 5.71 Å². The van der Waals surface area contributed by atoms with Crippen molar-refractivity contribution in [1.82, 2.24) is 5.32 Å². The van der Waals surface area contributed by atoms with E-state index in [9.17, 15) is 23.1 Å². The summed E-state index contributed by atoms with van der Waals surface area (Å²) in [5.74, 6) is -1.80. The molecule has 1 aliphatic heterocycles. The number of nitrogens with zero attached hydrogens (tertiary/aromatic N) is 2. The molecule has 2 heterocycles. The summed E-state index contributed by atoms with van der Waals surface area (Å²) in [5.41, 5.74) is 5.90. The molecule has 0 atom stereocenters. The molecule has 0 bridgehead atoms. The van der Waals surface area contributed by atoms with Crippen molar-refractivity contribution in [2.45, 2.75) is 24.5 Å². The number of nitrogens with two attached hydrogens (primary N) is 1. The summed E-state index contributed by atoms with van der Waals surface area (Å²) in [7, 11) is 1.90. The fourth-order valence-corrected chi connectivity index (χ4v) is 10.1. The number of hydrogen-bond donors (Lipinski definition) is 2. The Morgan fingerprint density at radius 1 is 1.02 bits per heavy atom. The number of primary sulfonamides is 1. The Labute approximate surface area is 262 Å². The smallest absolute Gasteiger partial charge is 0.261 e. The highest BCUT2D eigenvalue weighted by atomic mass is 32.2. The van der Waals surface area contributed by atoms with Gasteiger partial charge in [-0.25, -0.2) is 18.1 Å². The van der Waals surface area contributed by atoms with Crippen LogP contribution in [0.2, 0.25) is 13.1 Å². The van der Waals surface area contributed by atoms with Crippen LogP contribution in [0.5, 0.6) is 0 Å². The predicted octanol–water partition coefficient (Wildman–Crippen LogP) is 2.23. The van der Waals surface area contributed by atoms with Crippen LogP contribution in [0.1, 0.15) is 36.0 Å². The van der Waals surface area contributed by atoms with Crippen molar-refractivity contribution >= 4 is 63.5 Å². The molecule has 0 spiro atoms. The second-order valence-corrected chi connectivity index (χ2v) is 18.7. The van der Waals surface area contributed by atoms with Crippen LogP contribution < -0.4 is 25.6 Å². The third kappa shape index (κ3) is 5.73. The van der Waals surface area contributed by atoms with Crippen LogP contribution in [-0.4, -0.2) is 66.8 Å². The number of carboxylic acid groups (broad SMARTS) is 1. The highest BCUT2D eigenvalue weighted by Crippen LogP contribution is 2.44. The summed E-state index contributed by atoms with van der Waals surface area (Å²) >= 11 is 0.880. The second kappa shape index (κ2) is 11.4. The van der Waals surface area contributed by atoms with Gasteiger partial charge in [0.25, 0.3) is 5.91 Å². The number of carboxylic acids is 1. The van der Waals surface area contributed by atoms with Crippen molar-refractivity contribution in [2.75, 3.05) is 33.1 Å². The van der Waals surface area contributed by atoms with E-state index in [0.717, 1.165) is 39.4 Å². The lowest BCUT2D eigenvalue weighted by atomic mass is 9.89. The van der Waals surface area contributed by atoms with Crippen LogP contribution in [0.25, 0.3) is 5.57 Å². The summed E-state index contributed by atoms with van der Waals surface area (Å²) in [5, 5.41) is 22.9. The van der Waals surface area contributed by atoms with E-state index in [-0.39, 0.29) is 21.2 Å². The number of carbonyl (C=O) groups excluding carboxylic acids is 2. The quantitative estimate of drug-likeness (QED) is 0.299. The molecule has 9 nitrogen and oxygen atoms in total. The van der Waals surface area contributed by atoms with Crippen LogP contribution in [0.15, 0.2) is 82.4 Å². The van der Waals surface area contributed by atoms with E-state index >= 15 is 0 Å². The molecule has 2 aromatic carbocycles. The molecule has 2 aliphatic rings. The molecule has 3 N–H and O–H groups in total. The van der Waals surface area contributed by atoms with E-state index in [1.807, 2.05) is 40.3 Å². The van der Waals surface area contributed by atoms with Crippen molar-refractivity contribution in [3.63, 3.8) is 0 Å². The van der Waals surface area contributed by atoms with Crippen LogP contribution in [0.3, 0.4) is 0 Å². The van der Waals surface area contributed by atoms with E-state index in [2.05, 4.69) is 52.2 Å². The maximum Gasteiger partial charge on any atom is 0.261 e. The van der Waals surface area contributed by atoms with E-state index < -0.39 is 30.0 Å². The van der Waals surface area contributed by atoms with Gasteiger partial charge in [0.1, 0.15) is 22.2 Å². The lowest BCUT2D eigenvalue weighted by molar-refractivity contribution is -0.462. The standard InChI is InChI=1S/C32H34N4O5S2Si/c1-35(2)20-9-13-23-27(15-20)44(5,6)28-16-21(36(3)4)10-14-24(28)29(23)25-17-26(42-30(25)32(38)39)31(37)34-18-19-7-11-22(12-8-19)43(33,40)41/h7-17H,18H2,1-6H3,(H3-,33,34,37,38,39,40,41). The van der Waals surface area contributed by atoms with Crippen molar-refractivity contribution in [3.05, 3.63) is 104 Å². The van der Waals surface area contributed by atoms with Crippen molar-refractivity contribution in [3.8, 4) is 0 Å². The number of thiophene rings is 1. The molecular weight excluding hydrogens is 613 g/mol. The Bertz CT molecular complexity index is 1950. The van der Waals surface area contributed by atoms with Crippen LogP contribution in [0, 0.1) is 0 Å². The third-order valence-corrected chi connectivity index (χ3v) is 13.6. The Morgan fingerprint density at radius 3 is 2.30 bits per heavy atom. The minimum atomic E-state index is -3.83. The lowest BCUT2D eigenvalue weighted by Crippen LogP contribution is -2.49. The molecule has 0 radical (unpaired) electrons. The summed E-state index contributed by atoms with van der Waals surface area (Å²) in [4.78, 5) is 28.1. The summed E-state index contributed by atoms with van der Waals surface area (Å²) in [6, 6.07) is 13.8. The fraction of sp³-hybridized carbons (Fsp3) is 0.219. The monoisotopic (exact) mass is 646 g/mol. The maximum atomic E-state index is 13.3. The van der Waals surface area contributed by atoms with Gasteiger partial charge >= 0.3 is 0 Å². The number of fused-ring (bicyclic) bond motifs is 2.